The van der Waals surface area contributed by atoms with Crippen LogP contribution in [0, 0.1) is 0 Å². The van der Waals surface area contributed by atoms with Crippen molar-refractivity contribution < 1.29 is 13.9 Å². The number of ether oxygens (including phenoxy) is 1. The van der Waals surface area contributed by atoms with Gasteiger partial charge in [0.1, 0.15) is 5.52 Å². The Morgan fingerprint density at radius 3 is 2.92 bits per heavy atom. The van der Waals surface area contributed by atoms with E-state index in [0.29, 0.717) is 31.3 Å². The number of nitrogens with zero attached hydrogens (tertiary/aromatic N) is 2. The van der Waals surface area contributed by atoms with E-state index in [1.54, 1.807) is 0 Å². The molecule has 0 unspecified atom stereocenters. The van der Waals surface area contributed by atoms with Gasteiger partial charge in [0.05, 0.1) is 13.2 Å². The summed E-state index contributed by atoms with van der Waals surface area (Å²) in [7, 11) is 0. The van der Waals surface area contributed by atoms with Crippen LogP contribution in [0.15, 0.2) is 28.7 Å². The number of benzene rings is 1. The van der Waals surface area contributed by atoms with Gasteiger partial charge in [-0.3, -0.25) is 9.69 Å². The Labute approximate surface area is 142 Å². The number of morpholine rings is 1. The van der Waals surface area contributed by atoms with E-state index in [1.165, 1.54) is 0 Å². The van der Waals surface area contributed by atoms with Gasteiger partial charge in [-0.25, -0.2) is 4.98 Å². The number of fused-ring (bicyclic) bond motifs is 1. The minimum atomic E-state index is 0.0891. The molecule has 1 aromatic carbocycles. The highest BCUT2D eigenvalue weighted by Crippen LogP contribution is 2.16. The molecule has 0 bridgehead atoms. The number of para-hydroxylation sites is 2. The zero-order valence-electron chi connectivity index (χ0n) is 14.2. The first-order chi connectivity index (χ1) is 11.7. The maximum Gasteiger partial charge on any atom is 0.220 e. The summed E-state index contributed by atoms with van der Waals surface area (Å²) in [6, 6.07) is 8.06. The van der Waals surface area contributed by atoms with Gasteiger partial charge in [0, 0.05) is 38.5 Å². The van der Waals surface area contributed by atoms with Crippen LogP contribution in [-0.4, -0.2) is 54.7 Å². The first kappa shape index (κ1) is 16.9. The summed E-state index contributed by atoms with van der Waals surface area (Å²) in [5.74, 6) is 0.789. The van der Waals surface area contributed by atoms with E-state index < -0.39 is 0 Å². The first-order valence-corrected chi connectivity index (χ1v) is 8.65. The highest BCUT2D eigenvalue weighted by Gasteiger charge is 2.17. The van der Waals surface area contributed by atoms with Crippen LogP contribution in [0.5, 0.6) is 0 Å². The summed E-state index contributed by atoms with van der Waals surface area (Å²) >= 11 is 0. The van der Waals surface area contributed by atoms with Crippen LogP contribution in [0.4, 0.5) is 0 Å². The molecule has 1 N–H and O–H groups in total. The SMILES string of the molecule is C[C@H](CNC(=O)CCCc1nc2ccccc2o1)N1CCOCC1. The Kier molecular flexibility index (Phi) is 5.82. The van der Waals surface area contributed by atoms with E-state index in [0.717, 1.165) is 43.8 Å². The molecule has 0 aliphatic carbocycles. The summed E-state index contributed by atoms with van der Waals surface area (Å²) in [5, 5.41) is 3.02. The monoisotopic (exact) mass is 331 g/mol. The number of hydrogen-bond acceptors (Lipinski definition) is 5. The van der Waals surface area contributed by atoms with Crippen molar-refractivity contribution in [1.82, 2.24) is 15.2 Å². The normalized spacial score (nSPS) is 17.0. The summed E-state index contributed by atoms with van der Waals surface area (Å²) in [6.45, 7) is 6.26. The molecule has 0 radical (unpaired) electrons. The number of nitrogens with one attached hydrogen (secondary N) is 1. The summed E-state index contributed by atoms with van der Waals surface area (Å²) in [5.41, 5.74) is 1.67. The summed E-state index contributed by atoms with van der Waals surface area (Å²) < 4.78 is 11.0. The molecule has 1 atom stereocenters. The van der Waals surface area contributed by atoms with Crippen molar-refractivity contribution in [1.29, 1.82) is 0 Å². The van der Waals surface area contributed by atoms with Crippen LogP contribution < -0.4 is 5.32 Å². The van der Waals surface area contributed by atoms with Gasteiger partial charge in [-0.2, -0.15) is 0 Å². The van der Waals surface area contributed by atoms with E-state index in [2.05, 4.69) is 22.1 Å². The number of aryl methyl sites for hydroxylation is 1. The van der Waals surface area contributed by atoms with Gasteiger partial charge in [0.15, 0.2) is 11.5 Å². The molecule has 6 nitrogen and oxygen atoms in total. The van der Waals surface area contributed by atoms with Crippen molar-refractivity contribution in [2.75, 3.05) is 32.8 Å². The smallest absolute Gasteiger partial charge is 0.220 e. The third-order valence-corrected chi connectivity index (χ3v) is 4.40. The quantitative estimate of drug-likeness (QED) is 0.840. The van der Waals surface area contributed by atoms with Gasteiger partial charge in [-0.05, 0) is 25.5 Å². The molecule has 1 aliphatic heterocycles. The molecule has 2 aromatic rings. The van der Waals surface area contributed by atoms with Gasteiger partial charge >= 0.3 is 0 Å². The van der Waals surface area contributed by atoms with Crippen molar-refractivity contribution in [2.45, 2.75) is 32.2 Å². The number of amides is 1. The molecule has 1 fully saturated rings. The lowest BCUT2D eigenvalue weighted by Gasteiger charge is -2.32. The molecular formula is C18H25N3O3. The maximum absolute atomic E-state index is 12.0. The summed E-state index contributed by atoms with van der Waals surface area (Å²) in [6.07, 6.45) is 1.92. The van der Waals surface area contributed by atoms with Crippen LogP contribution in [0.1, 0.15) is 25.7 Å². The van der Waals surface area contributed by atoms with Gasteiger partial charge < -0.3 is 14.5 Å². The van der Waals surface area contributed by atoms with E-state index >= 15 is 0 Å². The Morgan fingerprint density at radius 2 is 2.12 bits per heavy atom. The van der Waals surface area contributed by atoms with Crippen LogP contribution in [0.25, 0.3) is 11.1 Å². The van der Waals surface area contributed by atoms with Crippen LogP contribution in [-0.2, 0) is 16.0 Å². The van der Waals surface area contributed by atoms with Gasteiger partial charge in [-0.1, -0.05) is 12.1 Å². The zero-order valence-corrected chi connectivity index (χ0v) is 14.2. The molecule has 0 spiro atoms. The third kappa shape index (κ3) is 4.55. The average molecular weight is 331 g/mol. The fourth-order valence-corrected chi connectivity index (χ4v) is 2.92. The largest absolute Gasteiger partial charge is 0.441 e. The lowest BCUT2D eigenvalue weighted by molar-refractivity contribution is -0.121. The fraction of sp³-hybridized carbons (Fsp3) is 0.556. The Bertz CT molecular complexity index is 631. The molecule has 0 saturated carbocycles. The molecule has 2 heterocycles. The Hall–Kier alpha value is -1.92. The molecule has 3 rings (SSSR count). The third-order valence-electron chi connectivity index (χ3n) is 4.40. The zero-order chi connectivity index (χ0) is 16.8. The maximum atomic E-state index is 12.0. The van der Waals surface area contributed by atoms with Crippen molar-refractivity contribution in [2.24, 2.45) is 0 Å². The minimum absolute atomic E-state index is 0.0891. The lowest BCUT2D eigenvalue weighted by atomic mass is 10.2. The van der Waals surface area contributed by atoms with Gasteiger partial charge in [-0.15, -0.1) is 0 Å². The Balaban J connectivity index is 1.36. The molecule has 130 valence electrons. The Morgan fingerprint density at radius 1 is 1.33 bits per heavy atom. The van der Waals surface area contributed by atoms with Crippen molar-refractivity contribution in [3.8, 4) is 0 Å². The summed E-state index contributed by atoms with van der Waals surface area (Å²) in [4.78, 5) is 18.8. The topological polar surface area (TPSA) is 67.6 Å². The highest BCUT2D eigenvalue weighted by molar-refractivity contribution is 5.76. The second kappa shape index (κ2) is 8.26. The van der Waals surface area contributed by atoms with Crippen LogP contribution in [0.2, 0.25) is 0 Å². The van der Waals surface area contributed by atoms with Crippen molar-refractivity contribution >= 4 is 17.0 Å². The van der Waals surface area contributed by atoms with Crippen molar-refractivity contribution in [3.63, 3.8) is 0 Å². The van der Waals surface area contributed by atoms with Gasteiger partial charge in [0.2, 0.25) is 5.91 Å². The van der Waals surface area contributed by atoms with Gasteiger partial charge in [0.25, 0.3) is 0 Å². The van der Waals surface area contributed by atoms with E-state index in [9.17, 15) is 4.79 Å². The number of rotatable bonds is 7. The van der Waals surface area contributed by atoms with E-state index in [-0.39, 0.29) is 5.91 Å². The second-order valence-corrected chi connectivity index (χ2v) is 6.23. The molecule has 1 saturated heterocycles. The van der Waals surface area contributed by atoms with E-state index in [1.807, 2.05) is 24.3 Å². The molecule has 1 amide bonds. The lowest BCUT2D eigenvalue weighted by Crippen LogP contribution is -2.47. The number of carbonyl (C=O) groups is 1. The molecular weight excluding hydrogens is 306 g/mol. The van der Waals surface area contributed by atoms with Crippen molar-refractivity contribution in [3.05, 3.63) is 30.2 Å². The number of carbonyl (C=O) groups excluding carboxylic acids is 1. The second-order valence-electron chi connectivity index (χ2n) is 6.23. The minimum Gasteiger partial charge on any atom is -0.441 e. The predicted molar refractivity (Wildman–Crippen MR) is 91.8 cm³/mol. The molecule has 6 heteroatoms. The fourth-order valence-electron chi connectivity index (χ4n) is 2.92. The van der Waals surface area contributed by atoms with E-state index in [4.69, 9.17) is 9.15 Å². The van der Waals surface area contributed by atoms with Crippen LogP contribution in [0.3, 0.4) is 0 Å². The predicted octanol–water partition coefficient (Wildman–Crippen LogP) is 1.99. The number of hydrogen-bond donors (Lipinski definition) is 1. The molecule has 24 heavy (non-hydrogen) atoms. The number of aromatic nitrogens is 1. The number of oxazole rings is 1. The average Bonchev–Trinajstić information content (AvgIpc) is 3.03. The first-order valence-electron chi connectivity index (χ1n) is 8.65. The van der Waals surface area contributed by atoms with Crippen LogP contribution >= 0.6 is 0 Å². The molecule has 1 aliphatic rings. The highest BCUT2D eigenvalue weighted by atomic mass is 16.5. The standard InChI is InChI=1S/C18H25N3O3/c1-14(21-9-11-23-12-10-21)13-19-17(22)7-4-8-18-20-15-5-2-3-6-16(15)24-18/h2-3,5-6,14H,4,7-13H2,1H3,(H,19,22)/t14-/m1/s1. The molecule has 1 aromatic heterocycles.